The Labute approximate surface area is 120 Å². The van der Waals surface area contributed by atoms with Gasteiger partial charge in [0.25, 0.3) is 0 Å². The SMILES string of the molecule is Cc1cccc(-n2c(-c3cccs3)n[nH]c2=S)c1C. The van der Waals surface area contributed by atoms with Crippen molar-refractivity contribution >= 4 is 23.6 Å². The highest BCUT2D eigenvalue weighted by Crippen LogP contribution is 2.27. The van der Waals surface area contributed by atoms with Crippen LogP contribution in [0, 0.1) is 18.6 Å². The second-order valence-corrected chi connectivity index (χ2v) is 5.72. The first kappa shape index (κ1) is 12.3. The van der Waals surface area contributed by atoms with E-state index in [0.717, 1.165) is 16.4 Å². The molecule has 3 aromatic rings. The van der Waals surface area contributed by atoms with Crippen LogP contribution in [0.2, 0.25) is 0 Å². The van der Waals surface area contributed by atoms with Crippen molar-refractivity contribution < 1.29 is 0 Å². The number of aromatic amines is 1. The predicted octanol–water partition coefficient (Wildman–Crippen LogP) is 4.28. The Kier molecular flexibility index (Phi) is 3.08. The van der Waals surface area contributed by atoms with Crippen LogP contribution in [-0.2, 0) is 0 Å². The molecule has 1 aromatic carbocycles. The topological polar surface area (TPSA) is 33.6 Å². The number of aryl methyl sites for hydroxylation is 1. The zero-order valence-electron chi connectivity index (χ0n) is 10.7. The van der Waals surface area contributed by atoms with Crippen molar-refractivity contribution in [2.45, 2.75) is 13.8 Å². The van der Waals surface area contributed by atoms with Crippen LogP contribution in [-0.4, -0.2) is 14.8 Å². The zero-order valence-corrected chi connectivity index (χ0v) is 12.3. The van der Waals surface area contributed by atoms with Gasteiger partial charge in [-0.25, -0.2) is 0 Å². The molecule has 2 aromatic heterocycles. The Bertz CT molecular complexity index is 766. The lowest BCUT2D eigenvalue weighted by atomic mass is 10.1. The third-order valence-electron chi connectivity index (χ3n) is 3.23. The smallest absolute Gasteiger partial charge is 0.200 e. The van der Waals surface area contributed by atoms with Gasteiger partial charge in [0.05, 0.1) is 10.6 Å². The Balaban J connectivity index is 2.29. The van der Waals surface area contributed by atoms with Crippen LogP contribution in [0.25, 0.3) is 16.4 Å². The minimum atomic E-state index is 0.622. The molecule has 96 valence electrons. The average molecular weight is 287 g/mol. The molecule has 0 spiro atoms. The first-order valence-corrected chi connectivity index (χ1v) is 7.25. The van der Waals surface area contributed by atoms with E-state index in [1.807, 2.05) is 22.1 Å². The Morgan fingerprint density at radius 2 is 2.05 bits per heavy atom. The largest absolute Gasteiger partial charge is 0.267 e. The van der Waals surface area contributed by atoms with Crippen molar-refractivity contribution in [1.29, 1.82) is 0 Å². The van der Waals surface area contributed by atoms with Crippen molar-refractivity contribution in [3.05, 3.63) is 51.6 Å². The van der Waals surface area contributed by atoms with Gasteiger partial charge in [0.2, 0.25) is 0 Å². The van der Waals surface area contributed by atoms with Crippen molar-refractivity contribution in [2.75, 3.05) is 0 Å². The summed E-state index contributed by atoms with van der Waals surface area (Å²) in [5.41, 5.74) is 3.55. The van der Waals surface area contributed by atoms with E-state index in [0.29, 0.717) is 4.77 Å². The maximum atomic E-state index is 5.38. The molecule has 3 rings (SSSR count). The third kappa shape index (κ3) is 2.05. The monoisotopic (exact) mass is 287 g/mol. The van der Waals surface area contributed by atoms with Crippen LogP contribution < -0.4 is 0 Å². The van der Waals surface area contributed by atoms with Crippen LogP contribution in [0.5, 0.6) is 0 Å². The lowest BCUT2D eigenvalue weighted by Gasteiger charge is -2.11. The molecule has 1 N–H and O–H groups in total. The Morgan fingerprint density at radius 3 is 2.79 bits per heavy atom. The second kappa shape index (κ2) is 4.75. The maximum absolute atomic E-state index is 5.38. The van der Waals surface area contributed by atoms with Crippen LogP contribution in [0.1, 0.15) is 11.1 Å². The van der Waals surface area contributed by atoms with E-state index in [1.165, 1.54) is 11.1 Å². The molecule has 3 nitrogen and oxygen atoms in total. The molecule has 0 aliphatic heterocycles. The van der Waals surface area contributed by atoms with E-state index < -0.39 is 0 Å². The van der Waals surface area contributed by atoms with Gasteiger partial charge in [-0.15, -0.1) is 11.3 Å². The minimum Gasteiger partial charge on any atom is -0.267 e. The van der Waals surface area contributed by atoms with Gasteiger partial charge >= 0.3 is 0 Å². The van der Waals surface area contributed by atoms with Crippen molar-refractivity contribution in [3.63, 3.8) is 0 Å². The lowest BCUT2D eigenvalue weighted by Crippen LogP contribution is -2.00. The second-order valence-electron chi connectivity index (χ2n) is 4.38. The number of benzene rings is 1. The van der Waals surface area contributed by atoms with Crippen LogP contribution in [0.3, 0.4) is 0 Å². The zero-order chi connectivity index (χ0) is 13.4. The molecular weight excluding hydrogens is 274 g/mol. The quantitative estimate of drug-likeness (QED) is 0.714. The number of aromatic nitrogens is 3. The summed E-state index contributed by atoms with van der Waals surface area (Å²) in [5, 5.41) is 9.30. The molecule has 0 saturated carbocycles. The van der Waals surface area contributed by atoms with E-state index in [4.69, 9.17) is 12.2 Å². The molecule has 0 amide bonds. The van der Waals surface area contributed by atoms with Gasteiger partial charge in [-0.3, -0.25) is 9.67 Å². The normalized spacial score (nSPS) is 10.8. The number of rotatable bonds is 2. The van der Waals surface area contributed by atoms with Gasteiger partial charge in [-0.05, 0) is 54.7 Å². The number of hydrogen-bond donors (Lipinski definition) is 1. The molecule has 0 fully saturated rings. The molecule has 0 radical (unpaired) electrons. The number of hydrogen-bond acceptors (Lipinski definition) is 3. The molecule has 2 heterocycles. The number of nitrogens with zero attached hydrogens (tertiary/aromatic N) is 2. The lowest BCUT2D eigenvalue weighted by molar-refractivity contribution is 1.02. The summed E-state index contributed by atoms with van der Waals surface area (Å²) in [6.45, 7) is 4.21. The highest BCUT2D eigenvalue weighted by Gasteiger charge is 2.13. The molecular formula is C14H13N3S2. The molecule has 0 unspecified atom stereocenters. The van der Waals surface area contributed by atoms with Crippen LogP contribution in [0.15, 0.2) is 35.7 Å². The van der Waals surface area contributed by atoms with E-state index in [-0.39, 0.29) is 0 Å². The molecule has 0 atom stereocenters. The highest BCUT2D eigenvalue weighted by molar-refractivity contribution is 7.71. The summed E-state index contributed by atoms with van der Waals surface area (Å²) >= 11 is 7.04. The fourth-order valence-electron chi connectivity index (χ4n) is 2.07. The molecule has 0 aliphatic rings. The Hall–Kier alpha value is -1.72. The van der Waals surface area contributed by atoms with Gasteiger partial charge in [-0.2, -0.15) is 5.10 Å². The summed E-state index contributed by atoms with van der Waals surface area (Å²) in [5.74, 6) is 0.869. The maximum Gasteiger partial charge on any atom is 0.200 e. The highest BCUT2D eigenvalue weighted by atomic mass is 32.1. The first-order chi connectivity index (χ1) is 9.18. The standard InChI is InChI=1S/C14H13N3S2/c1-9-5-3-6-11(10(9)2)17-13(15-16-14(17)18)12-7-4-8-19-12/h3-8H,1-2H3,(H,16,18). The number of H-pyrrole nitrogens is 1. The van der Waals surface area contributed by atoms with Crippen LogP contribution in [0.4, 0.5) is 0 Å². The summed E-state index contributed by atoms with van der Waals surface area (Å²) in [4.78, 5) is 1.10. The number of nitrogens with one attached hydrogen (secondary N) is 1. The van der Waals surface area contributed by atoms with E-state index in [1.54, 1.807) is 11.3 Å². The fourth-order valence-corrected chi connectivity index (χ4v) is 3.00. The molecule has 0 aliphatic carbocycles. The minimum absolute atomic E-state index is 0.622. The van der Waals surface area contributed by atoms with Crippen LogP contribution >= 0.6 is 23.6 Å². The summed E-state index contributed by atoms with van der Waals surface area (Å²) < 4.78 is 2.63. The molecule has 0 bridgehead atoms. The van der Waals surface area contributed by atoms with E-state index in [9.17, 15) is 0 Å². The molecule has 19 heavy (non-hydrogen) atoms. The fraction of sp³-hybridized carbons (Fsp3) is 0.143. The van der Waals surface area contributed by atoms with Gasteiger partial charge < -0.3 is 0 Å². The van der Waals surface area contributed by atoms with Gasteiger partial charge in [0.1, 0.15) is 0 Å². The van der Waals surface area contributed by atoms with Gasteiger partial charge in [-0.1, -0.05) is 18.2 Å². The first-order valence-electron chi connectivity index (χ1n) is 5.96. The Morgan fingerprint density at radius 1 is 1.21 bits per heavy atom. The van der Waals surface area contributed by atoms with E-state index in [2.05, 4.69) is 42.2 Å². The van der Waals surface area contributed by atoms with E-state index >= 15 is 0 Å². The van der Waals surface area contributed by atoms with Crippen molar-refractivity contribution in [1.82, 2.24) is 14.8 Å². The molecule has 5 heteroatoms. The summed E-state index contributed by atoms with van der Waals surface area (Å²) in [7, 11) is 0. The predicted molar refractivity (Wildman–Crippen MR) is 81.5 cm³/mol. The number of thiophene rings is 1. The van der Waals surface area contributed by atoms with Crippen molar-refractivity contribution in [3.8, 4) is 16.4 Å². The average Bonchev–Trinajstić information content (AvgIpc) is 3.02. The summed E-state index contributed by atoms with van der Waals surface area (Å²) in [6, 6.07) is 10.3. The summed E-state index contributed by atoms with van der Waals surface area (Å²) in [6.07, 6.45) is 0. The van der Waals surface area contributed by atoms with Gasteiger partial charge in [0.15, 0.2) is 10.6 Å². The van der Waals surface area contributed by atoms with Gasteiger partial charge in [0, 0.05) is 0 Å². The van der Waals surface area contributed by atoms with Crippen molar-refractivity contribution in [2.24, 2.45) is 0 Å². The third-order valence-corrected chi connectivity index (χ3v) is 4.37. The molecule has 0 saturated heterocycles.